The highest BCUT2D eigenvalue weighted by atomic mass is 35.5. The van der Waals surface area contributed by atoms with E-state index in [9.17, 15) is 24.3 Å². The number of ketones is 2. The third-order valence-electron chi connectivity index (χ3n) is 8.55. The zero-order chi connectivity index (χ0) is 29.7. The molecular weight excluding hydrogens is 624 g/mol. The van der Waals surface area contributed by atoms with Gasteiger partial charge in [0.05, 0.1) is 18.3 Å². The lowest BCUT2D eigenvalue weighted by Crippen LogP contribution is -2.67. The molecule has 1 N–H and O–H groups in total. The molecule has 3 aromatic carbocycles. The average Bonchev–Trinajstić information content (AvgIpc) is 3.26. The monoisotopic (exact) mass is 641 g/mol. The van der Waals surface area contributed by atoms with Crippen LogP contribution in [0.5, 0.6) is 5.75 Å². The largest absolute Gasteiger partial charge is 0.508 e. The van der Waals surface area contributed by atoms with E-state index in [1.54, 1.807) is 54.6 Å². The topological polar surface area (TPSA) is 103 Å². The van der Waals surface area contributed by atoms with Gasteiger partial charge in [-0.05, 0) is 34.5 Å². The van der Waals surface area contributed by atoms with Crippen LogP contribution in [-0.2, 0) is 16.1 Å². The molecule has 42 heavy (non-hydrogen) atoms. The Hall–Kier alpha value is -3.56. The summed E-state index contributed by atoms with van der Waals surface area (Å²) in [5.41, 5.74) is -0.233. The number of carbonyl (C=O) groups excluding carboxylic acids is 2. The lowest BCUT2D eigenvalue weighted by Gasteiger charge is -2.54. The van der Waals surface area contributed by atoms with Crippen LogP contribution in [-0.4, -0.2) is 40.4 Å². The fourth-order valence-electron chi connectivity index (χ4n) is 6.67. The zero-order valence-corrected chi connectivity index (χ0v) is 24.5. The SMILES string of the molecule is O=C1C(Cl)=C(Cl)C(=O)C2(Cl)C(c3c(O)ccc4ccccc34)C3=CCn4c(=O)n(-c5ccccc5)c(=O)n4C3CC12Cl. The molecule has 4 unspecified atom stereocenters. The van der Waals surface area contributed by atoms with Gasteiger partial charge >= 0.3 is 11.4 Å². The second-order valence-corrected chi connectivity index (χ2v) is 12.5. The zero-order valence-electron chi connectivity index (χ0n) is 21.4. The number of alkyl halides is 2. The van der Waals surface area contributed by atoms with Crippen LogP contribution in [0.4, 0.5) is 0 Å². The number of benzene rings is 3. The van der Waals surface area contributed by atoms with Gasteiger partial charge in [-0.1, -0.05) is 77.8 Å². The number of hydrogen-bond donors (Lipinski definition) is 1. The lowest BCUT2D eigenvalue weighted by atomic mass is 9.58. The van der Waals surface area contributed by atoms with Gasteiger partial charge in [-0.3, -0.25) is 9.59 Å². The molecule has 3 aliphatic rings. The van der Waals surface area contributed by atoms with Gasteiger partial charge in [-0.15, -0.1) is 23.2 Å². The van der Waals surface area contributed by atoms with E-state index in [0.29, 0.717) is 16.6 Å². The van der Waals surface area contributed by atoms with Crippen LogP contribution >= 0.6 is 46.4 Å². The van der Waals surface area contributed by atoms with Crippen molar-refractivity contribution in [3.8, 4) is 11.4 Å². The molecule has 0 bridgehead atoms. The van der Waals surface area contributed by atoms with Crippen molar-refractivity contribution in [3.05, 3.63) is 115 Å². The highest BCUT2D eigenvalue weighted by Crippen LogP contribution is 2.65. The number of hydrogen-bond acceptors (Lipinski definition) is 5. The third-order valence-corrected chi connectivity index (χ3v) is 10.8. The Bertz CT molecular complexity index is 2060. The molecular formula is C30H19Cl4N3O5. The van der Waals surface area contributed by atoms with Gasteiger partial charge in [0, 0.05) is 17.9 Å². The molecule has 1 saturated carbocycles. The number of para-hydroxylation sites is 1. The first-order valence-electron chi connectivity index (χ1n) is 13.0. The van der Waals surface area contributed by atoms with Crippen LogP contribution in [0.1, 0.15) is 23.9 Å². The minimum atomic E-state index is -2.24. The molecule has 8 nitrogen and oxygen atoms in total. The number of rotatable bonds is 2. The summed E-state index contributed by atoms with van der Waals surface area (Å²) in [7, 11) is 0. The Morgan fingerprint density at radius 2 is 1.48 bits per heavy atom. The molecule has 2 heterocycles. The summed E-state index contributed by atoms with van der Waals surface area (Å²) >= 11 is 27.1. The summed E-state index contributed by atoms with van der Waals surface area (Å²) in [6.45, 7) is -0.0452. The summed E-state index contributed by atoms with van der Waals surface area (Å²) in [5.74, 6) is -3.20. The number of aromatic hydroxyl groups is 1. The van der Waals surface area contributed by atoms with Gasteiger partial charge in [0.15, 0.2) is 11.6 Å². The van der Waals surface area contributed by atoms with Crippen LogP contribution in [0.3, 0.4) is 0 Å². The third kappa shape index (κ3) is 3.32. The first-order chi connectivity index (χ1) is 20.0. The van der Waals surface area contributed by atoms with Gasteiger partial charge in [-0.25, -0.2) is 23.5 Å². The van der Waals surface area contributed by atoms with E-state index < -0.39 is 54.7 Å². The molecule has 4 atom stereocenters. The van der Waals surface area contributed by atoms with Crippen LogP contribution in [0.25, 0.3) is 16.5 Å². The minimum absolute atomic E-state index is 0.0452. The molecule has 0 spiro atoms. The summed E-state index contributed by atoms with van der Waals surface area (Å²) in [5, 5.41) is 11.5. The van der Waals surface area contributed by atoms with Crippen LogP contribution in [0.2, 0.25) is 0 Å². The second-order valence-electron chi connectivity index (χ2n) is 10.5. The molecule has 7 rings (SSSR count). The number of phenols is 1. The van der Waals surface area contributed by atoms with E-state index in [2.05, 4.69) is 0 Å². The molecule has 12 heteroatoms. The van der Waals surface area contributed by atoms with E-state index in [0.717, 1.165) is 9.95 Å². The number of fused-ring (bicyclic) bond motifs is 5. The maximum atomic E-state index is 14.0. The van der Waals surface area contributed by atoms with Crippen molar-refractivity contribution in [2.24, 2.45) is 0 Å². The molecule has 212 valence electrons. The molecule has 0 saturated heterocycles. The first-order valence-corrected chi connectivity index (χ1v) is 14.5. The highest BCUT2D eigenvalue weighted by Gasteiger charge is 2.72. The number of carbonyl (C=O) groups is 2. The van der Waals surface area contributed by atoms with Crippen molar-refractivity contribution in [1.29, 1.82) is 0 Å². The van der Waals surface area contributed by atoms with Gasteiger partial charge in [0.1, 0.15) is 25.6 Å². The van der Waals surface area contributed by atoms with E-state index in [-0.39, 0.29) is 24.3 Å². The number of halogens is 4. The lowest BCUT2D eigenvalue weighted by molar-refractivity contribution is -0.128. The first kappa shape index (κ1) is 27.3. The predicted octanol–water partition coefficient (Wildman–Crippen LogP) is 5.12. The van der Waals surface area contributed by atoms with E-state index in [1.807, 2.05) is 12.1 Å². The maximum absolute atomic E-state index is 14.0. The van der Waals surface area contributed by atoms with Crippen molar-refractivity contribution in [2.75, 3.05) is 0 Å². The predicted molar refractivity (Wildman–Crippen MR) is 160 cm³/mol. The number of nitrogens with zero attached hydrogens (tertiary/aromatic N) is 3. The van der Waals surface area contributed by atoms with Crippen molar-refractivity contribution < 1.29 is 14.7 Å². The molecule has 0 radical (unpaired) electrons. The Labute approximate surface area is 257 Å². The fourth-order valence-corrected chi connectivity index (χ4v) is 8.18. The summed E-state index contributed by atoms with van der Waals surface area (Å²) in [4.78, 5) is 50.9. The Morgan fingerprint density at radius 3 is 2.21 bits per heavy atom. The van der Waals surface area contributed by atoms with Gasteiger partial charge in [-0.2, -0.15) is 0 Å². The summed E-state index contributed by atoms with van der Waals surface area (Å²) in [6, 6.07) is 17.7. The van der Waals surface area contributed by atoms with Gasteiger partial charge in [0.2, 0.25) is 0 Å². The molecule has 1 aromatic heterocycles. The summed E-state index contributed by atoms with van der Waals surface area (Å²) in [6.07, 6.45) is 1.34. The normalized spacial score (nSPS) is 27.0. The molecule has 2 aliphatic carbocycles. The smallest absolute Gasteiger partial charge is 0.352 e. The van der Waals surface area contributed by atoms with Crippen LogP contribution in [0, 0.1) is 0 Å². The minimum Gasteiger partial charge on any atom is -0.508 e. The average molecular weight is 643 g/mol. The van der Waals surface area contributed by atoms with E-state index in [4.69, 9.17) is 46.4 Å². The molecule has 1 fully saturated rings. The van der Waals surface area contributed by atoms with E-state index in [1.165, 1.54) is 15.4 Å². The number of phenolic OH excluding ortho intramolecular Hbond substituents is 1. The van der Waals surface area contributed by atoms with Crippen LogP contribution in [0.15, 0.2) is 98.0 Å². The molecule has 4 aromatic rings. The van der Waals surface area contributed by atoms with Crippen molar-refractivity contribution in [1.82, 2.24) is 13.9 Å². The molecule has 1 aliphatic heterocycles. The maximum Gasteiger partial charge on any atom is 0.352 e. The second kappa shape index (κ2) is 9.22. The number of allylic oxidation sites excluding steroid dienone is 4. The quantitative estimate of drug-likeness (QED) is 0.241. The Balaban J connectivity index is 1.57. The van der Waals surface area contributed by atoms with Crippen molar-refractivity contribution >= 4 is 68.7 Å². The van der Waals surface area contributed by atoms with Gasteiger partial charge in [0.25, 0.3) is 0 Å². The fraction of sp³-hybridized carbons (Fsp3) is 0.200. The van der Waals surface area contributed by atoms with Crippen LogP contribution < -0.4 is 11.4 Å². The van der Waals surface area contributed by atoms with Crippen molar-refractivity contribution in [3.63, 3.8) is 0 Å². The standard InChI is InChI=1S/C30H19Cl4N3O5/c31-23-24(32)26(40)30(34)22(21-17-9-5-4-6-15(17)10-11-20(21)38)18-12-13-35-27(41)36(16-7-2-1-3-8-16)28(42)37(35)19(18)14-29(30,33)25(23)39/h1-12,19,22,38H,13-14H2. The molecule has 0 amide bonds. The number of aromatic nitrogens is 3. The highest BCUT2D eigenvalue weighted by molar-refractivity contribution is 6.66. The Kier molecular flexibility index (Phi) is 5.99. The van der Waals surface area contributed by atoms with E-state index >= 15 is 0 Å². The number of Topliss-reactive ketones (excluding diaryl/α,β-unsaturated/α-hetero) is 2. The summed E-state index contributed by atoms with van der Waals surface area (Å²) < 4.78 is 3.53. The van der Waals surface area contributed by atoms with Crippen molar-refractivity contribution in [2.45, 2.75) is 34.7 Å². The van der Waals surface area contributed by atoms with Gasteiger partial charge < -0.3 is 5.11 Å². The Morgan fingerprint density at radius 1 is 0.810 bits per heavy atom.